The fourth-order valence-corrected chi connectivity index (χ4v) is 6.43. The van der Waals surface area contributed by atoms with Crippen LogP contribution in [0.15, 0.2) is 48.5 Å². The molecule has 0 aromatic heterocycles. The SMILES string of the molecule is CC.CC.CNC(=O)C(C)(C)CCOC(C)(C)CC(=O)NCCC(=O)N1Cc2ccccc2/C(N(N)CC(C)(C)OCCC(C)(C)C(=O)NC)=C(/N)c2ccccc21. The molecule has 0 unspecified atom stereocenters. The summed E-state index contributed by atoms with van der Waals surface area (Å²) in [6.45, 7) is 24.4. The summed E-state index contributed by atoms with van der Waals surface area (Å²) in [4.78, 5) is 53.0. The maximum Gasteiger partial charge on any atom is 0.229 e. The average molecular weight is 810 g/mol. The molecular weight excluding hydrogens is 735 g/mol. The zero-order valence-electron chi connectivity index (χ0n) is 38.0. The van der Waals surface area contributed by atoms with Crippen molar-refractivity contribution >= 4 is 40.7 Å². The lowest BCUT2D eigenvalue weighted by molar-refractivity contribution is -0.133. The molecule has 0 spiro atoms. The first-order valence-corrected chi connectivity index (χ1v) is 20.6. The number of hydrogen-bond acceptors (Lipinski definition) is 9. The van der Waals surface area contributed by atoms with Crippen molar-refractivity contribution in [1.29, 1.82) is 0 Å². The Morgan fingerprint density at radius 1 is 0.741 bits per heavy atom. The van der Waals surface area contributed by atoms with Gasteiger partial charge in [0.05, 0.1) is 47.8 Å². The predicted octanol–water partition coefficient (Wildman–Crippen LogP) is 6.36. The van der Waals surface area contributed by atoms with Gasteiger partial charge >= 0.3 is 0 Å². The van der Waals surface area contributed by atoms with Gasteiger partial charge in [0.1, 0.15) is 0 Å². The zero-order chi connectivity index (χ0) is 44.5. The van der Waals surface area contributed by atoms with Crippen molar-refractivity contribution in [3.05, 3.63) is 65.2 Å². The number of fused-ring (bicyclic) bond motifs is 2. The van der Waals surface area contributed by atoms with Gasteiger partial charge in [0.2, 0.25) is 23.6 Å². The number of nitrogens with one attached hydrogen (secondary N) is 3. The molecule has 0 radical (unpaired) electrons. The van der Waals surface area contributed by atoms with Gasteiger partial charge in [-0.05, 0) is 52.2 Å². The number of para-hydroxylation sites is 1. The van der Waals surface area contributed by atoms with E-state index in [4.69, 9.17) is 21.1 Å². The van der Waals surface area contributed by atoms with Gasteiger partial charge in [-0.25, -0.2) is 5.84 Å². The Bertz CT molecular complexity index is 1680. The van der Waals surface area contributed by atoms with Crippen LogP contribution >= 0.6 is 0 Å². The van der Waals surface area contributed by atoms with E-state index in [-0.39, 0.29) is 56.1 Å². The molecule has 0 fully saturated rings. The lowest BCUT2D eigenvalue weighted by Gasteiger charge is -2.36. The van der Waals surface area contributed by atoms with Crippen LogP contribution in [0.4, 0.5) is 5.69 Å². The van der Waals surface area contributed by atoms with Crippen molar-refractivity contribution in [2.45, 2.75) is 127 Å². The number of hydrogen-bond donors (Lipinski definition) is 5. The van der Waals surface area contributed by atoms with E-state index >= 15 is 0 Å². The number of nitrogens with zero attached hydrogens (tertiary/aromatic N) is 2. The zero-order valence-corrected chi connectivity index (χ0v) is 38.0. The van der Waals surface area contributed by atoms with Crippen LogP contribution in [0.25, 0.3) is 11.4 Å². The summed E-state index contributed by atoms with van der Waals surface area (Å²) >= 11 is 0. The minimum Gasteiger partial charge on any atom is -0.396 e. The Labute approximate surface area is 349 Å². The minimum absolute atomic E-state index is 0.0498. The topological polar surface area (TPSA) is 181 Å². The Morgan fingerprint density at radius 2 is 1.22 bits per heavy atom. The quantitative estimate of drug-likeness (QED) is 0.0846. The van der Waals surface area contributed by atoms with Crippen LogP contribution in [0.1, 0.15) is 125 Å². The number of anilines is 1. The van der Waals surface area contributed by atoms with Gasteiger partial charge in [-0.15, -0.1) is 0 Å². The number of benzene rings is 2. The van der Waals surface area contributed by atoms with Crippen molar-refractivity contribution in [3.8, 4) is 0 Å². The molecule has 58 heavy (non-hydrogen) atoms. The molecular formula is C45H75N7O6. The Hall–Kier alpha value is -4.46. The lowest BCUT2D eigenvalue weighted by Crippen LogP contribution is -2.45. The van der Waals surface area contributed by atoms with Gasteiger partial charge in [0.15, 0.2) is 0 Å². The van der Waals surface area contributed by atoms with Crippen LogP contribution in [0.2, 0.25) is 0 Å². The number of carbonyl (C=O) groups excluding carboxylic acids is 4. The molecule has 1 aliphatic rings. The largest absolute Gasteiger partial charge is 0.396 e. The predicted molar refractivity (Wildman–Crippen MR) is 236 cm³/mol. The van der Waals surface area contributed by atoms with Crippen molar-refractivity contribution in [2.24, 2.45) is 22.4 Å². The molecule has 1 heterocycles. The standard InChI is InChI=1S/C41H63N7O6.2C2H6/c1-38(2,36(51)44-9)20-23-53-40(5,6)25-32(49)46-22-19-33(50)47-26-28-15-11-12-16-29(28)35(34(42)30-17-13-14-18-31(30)47)48(43)27-41(7,8)54-24-21-39(3,4)37(52)45-10;2*1-2/h11-18H,19-27,42-43H2,1-10H3,(H,44,51)(H,45,52)(H,46,49);2*1-2H3/b35-34-;;. The minimum atomic E-state index is -0.762. The second-order valence-electron chi connectivity index (χ2n) is 16.5. The van der Waals surface area contributed by atoms with E-state index in [0.29, 0.717) is 48.7 Å². The smallest absolute Gasteiger partial charge is 0.229 e. The van der Waals surface area contributed by atoms with Gasteiger partial charge in [-0.3, -0.25) is 19.2 Å². The summed E-state index contributed by atoms with van der Waals surface area (Å²) in [5.74, 6) is 6.31. The summed E-state index contributed by atoms with van der Waals surface area (Å²) in [5.41, 5.74) is 8.29. The normalized spacial score (nSPS) is 14.2. The van der Waals surface area contributed by atoms with E-state index < -0.39 is 22.0 Å². The highest BCUT2D eigenvalue weighted by molar-refractivity contribution is 6.01. The maximum atomic E-state index is 13.9. The first kappa shape index (κ1) is 51.6. The Morgan fingerprint density at radius 3 is 1.76 bits per heavy atom. The summed E-state index contributed by atoms with van der Waals surface area (Å²) in [7, 11) is 3.23. The van der Waals surface area contributed by atoms with Crippen LogP contribution in [-0.2, 0) is 35.2 Å². The summed E-state index contributed by atoms with van der Waals surface area (Å²) in [6, 6.07) is 15.2. The van der Waals surface area contributed by atoms with Gasteiger partial charge < -0.3 is 41.1 Å². The molecule has 0 atom stereocenters. The molecule has 2 aromatic carbocycles. The molecule has 0 bridgehead atoms. The van der Waals surface area contributed by atoms with Gasteiger partial charge in [-0.1, -0.05) is 97.9 Å². The van der Waals surface area contributed by atoms with Crippen molar-refractivity contribution in [2.75, 3.05) is 45.3 Å². The van der Waals surface area contributed by atoms with Gasteiger partial charge in [0, 0.05) is 62.2 Å². The third-order valence-corrected chi connectivity index (χ3v) is 9.85. The van der Waals surface area contributed by atoms with E-state index in [1.165, 1.54) is 0 Å². The number of nitrogens with two attached hydrogens (primary N) is 2. The van der Waals surface area contributed by atoms with E-state index in [1.54, 1.807) is 24.0 Å². The molecule has 4 amide bonds. The van der Waals surface area contributed by atoms with Crippen molar-refractivity contribution in [1.82, 2.24) is 21.0 Å². The van der Waals surface area contributed by atoms with E-state index in [2.05, 4.69) is 16.0 Å². The molecule has 13 heteroatoms. The van der Waals surface area contributed by atoms with Crippen LogP contribution in [0.5, 0.6) is 0 Å². The highest BCUT2D eigenvalue weighted by atomic mass is 16.5. The molecule has 13 nitrogen and oxygen atoms in total. The van der Waals surface area contributed by atoms with Gasteiger partial charge in [0.25, 0.3) is 0 Å². The summed E-state index contributed by atoms with van der Waals surface area (Å²) in [5, 5.41) is 9.86. The van der Waals surface area contributed by atoms with Gasteiger partial charge in [-0.2, -0.15) is 0 Å². The molecule has 0 saturated heterocycles. The highest BCUT2D eigenvalue weighted by Crippen LogP contribution is 2.37. The van der Waals surface area contributed by atoms with Crippen LogP contribution in [0, 0.1) is 10.8 Å². The highest BCUT2D eigenvalue weighted by Gasteiger charge is 2.33. The number of ether oxygens (including phenoxy) is 2. The molecule has 1 aliphatic heterocycles. The van der Waals surface area contributed by atoms with Crippen molar-refractivity contribution in [3.63, 3.8) is 0 Å². The van der Waals surface area contributed by atoms with Crippen LogP contribution in [-0.4, -0.2) is 80.2 Å². The maximum absolute atomic E-state index is 13.9. The Kier molecular flexibility index (Phi) is 20.6. The summed E-state index contributed by atoms with van der Waals surface area (Å²) in [6.07, 6.45) is 1.19. The number of hydrazine groups is 1. The molecule has 3 rings (SSSR count). The average Bonchev–Trinajstić information content (AvgIpc) is 3.16. The number of carbonyl (C=O) groups is 4. The van der Waals surface area contributed by atoms with Crippen molar-refractivity contribution < 1.29 is 28.7 Å². The molecule has 326 valence electrons. The third-order valence-electron chi connectivity index (χ3n) is 9.85. The summed E-state index contributed by atoms with van der Waals surface area (Å²) < 4.78 is 12.3. The fourth-order valence-electron chi connectivity index (χ4n) is 6.43. The first-order chi connectivity index (χ1) is 27.1. The number of amides is 4. The molecule has 2 aromatic rings. The monoisotopic (exact) mass is 810 g/mol. The van der Waals surface area contributed by atoms with Crippen LogP contribution < -0.4 is 32.4 Å². The van der Waals surface area contributed by atoms with E-state index in [0.717, 1.165) is 11.1 Å². The molecule has 0 aliphatic carbocycles. The lowest BCUT2D eigenvalue weighted by atomic mass is 9.88. The second-order valence-corrected chi connectivity index (χ2v) is 16.5. The molecule has 0 saturated carbocycles. The van der Waals surface area contributed by atoms with E-state index in [1.807, 2.05) is 132 Å². The van der Waals surface area contributed by atoms with E-state index in [9.17, 15) is 19.2 Å². The Balaban J connectivity index is 0.00000407. The third kappa shape index (κ3) is 15.0. The second kappa shape index (κ2) is 23.2. The fraction of sp³-hybridized carbons (Fsp3) is 0.600. The molecule has 7 N–H and O–H groups in total. The first-order valence-electron chi connectivity index (χ1n) is 20.6. The van der Waals surface area contributed by atoms with Crippen LogP contribution in [0.3, 0.4) is 0 Å². The number of rotatable bonds is 18.